The fourth-order valence-electron chi connectivity index (χ4n) is 0.872. The van der Waals surface area contributed by atoms with Gasteiger partial charge < -0.3 is 0 Å². The molecule has 0 aromatic rings. The van der Waals surface area contributed by atoms with Crippen molar-refractivity contribution in [1.82, 2.24) is 0 Å². The lowest BCUT2D eigenvalue weighted by molar-refractivity contribution is -0.459. The van der Waals surface area contributed by atoms with Gasteiger partial charge in [0.1, 0.15) is 0 Å². The van der Waals surface area contributed by atoms with Crippen LogP contribution in [0.15, 0.2) is 0 Å². The minimum absolute atomic E-state index is 0.318. The Bertz CT molecular complexity index is 169. The average molecular weight is 231 g/mol. The Morgan fingerprint density at radius 1 is 0.875 bits per heavy atom. The highest BCUT2D eigenvalue weighted by Gasteiger charge is 1.84. The molecule has 5 heteroatoms. The number of guanidine groups is 1. The largest absolute Gasteiger partial charge is 0.338 e. The maximum absolute atomic E-state index is 5.34. The van der Waals surface area contributed by atoms with Crippen molar-refractivity contribution in [2.45, 2.75) is 46.5 Å². The van der Waals surface area contributed by atoms with E-state index in [1.165, 1.54) is 19.3 Å². The molecule has 0 spiro atoms. The summed E-state index contributed by atoms with van der Waals surface area (Å²) in [6.07, 6.45) is 4.72. The summed E-state index contributed by atoms with van der Waals surface area (Å²) < 4.78 is 0. The second kappa shape index (κ2) is 13.7. The van der Waals surface area contributed by atoms with Gasteiger partial charge in [0.15, 0.2) is 0 Å². The van der Waals surface area contributed by atoms with Crippen molar-refractivity contribution >= 4 is 11.8 Å². The molecule has 0 amide bonds. The SMILES string of the molecule is CCCC[NH+]=C(C)N.CCCC[NH+]=C(N)N. The highest BCUT2D eigenvalue weighted by atomic mass is 15.0. The van der Waals surface area contributed by atoms with Crippen molar-refractivity contribution in [3.05, 3.63) is 0 Å². The molecule has 0 aliphatic heterocycles. The van der Waals surface area contributed by atoms with Gasteiger partial charge in [-0.2, -0.15) is 0 Å². The van der Waals surface area contributed by atoms with Crippen LogP contribution in [-0.4, -0.2) is 24.9 Å². The minimum atomic E-state index is 0.318. The van der Waals surface area contributed by atoms with Crippen LogP contribution in [0.25, 0.3) is 0 Å². The predicted octanol–water partition coefficient (Wildman–Crippen LogP) is -2.62. The van der Waals surface area contributed by atoms with Crippen LogP contribution in [0.3, 0.4) is 0 Å². The van der Waals surface area contributed by atoms with E-state index in [0.29, 0.717) is 5.96 Å². The van der Waals surface area contributed by atoms with Crippen molar-refractivity contribution in [1.29, 1.82) is 0 Å². The molecule has 0 aliphatic carbocycles. The van der Waals surface area contributed by atoms with Gasteiger partial charge in [-0.05, 0) is 12.8 Å². The molecule has 0 radical (unpaired) electrons. The summed E-state index contributed by atoms with van der Waals surface area (Å²) in [5, 5.41) is 0. The van der Waals surface area contributed by atoms with Gasteiger partial charge in [0, 0.05) is 6.92 Å². The lowest BCUT2D eigenvalue weighted by Crippen LogP contribution is -2.78. The van der Waals surface area contributed by atoms with Crippen molar-refractivity contribution in [3.8, 4) is 0 Å². The number of amidine groups is 1. The third kappa shape index (κ3) is 23.0. The van der Waals surface area contributed by atoms with Crippen LogP contribution >= 0.6 is 0 Å². The molecule has 0 aromatic carbocycles. The summed E-state index contributed by atoms with van der Waals surface area (Å²) in [6, 6.07) is 0. The van der Waals surface area contributed by atoms with Gasteiger partial charge >= 0.3 is 5.96 Å². The predicted molar refractivity (Wildman–Crippen MR) is 69.7 cm³/mol. The van der Waals surface area contributed by atoms with E-state index in [4.69, 9.17) is 17.2 Å². The Balaban J connectivity index is 0. The van der Waals surface area contributed by atoms with Crippen molar-refractivity contribution in [3.63, 3.8) is 0 Å². The third-order valence-electron chi connectivity index (χ3n) is 1.79. The molecule has 0 bridgehead atoms. The Labute approximate surface area is 99.2 Å². The van der Waals surface area contributed by atoms with Gasteiger partial charge in [0.25, 0.3) is 0 Å². The van der Waals surface area contributed by atoms with E-state index in [2.05, 4.69) is 23.8 Å². The first kappa shape index (κ1) is 17.1. The lowest BCUT2D eigenvalue weighted by Gasteiger charge is -1.86. The molecule has 0 unspecified atom stereocenters. The first-order chi connectivity index (χ1) is 7.54. The lowest BCUT2D eigenvalue weighted by atomic mass is 10.3. The smallest absolute Gasteiger partial charge is 0.291 e. The molecule has 8 N–H and O–H groups in total. The first-order valence-corrected chi connectivity index (χ1v) is 5.99. The zero-order valence-electron chi connectivity index (χ0n) is 11.0. The molecule has 0 rings (SSSR count). The third-order valence-corrected chi connectivity index (χ3v) is 1.79. The molecule has 16 heavy (non-hydrogen) atoms. The fraction of sp³-hybridized carbons (Fsp3) is 0.818. The van der Waals surface area contributed by atoms with Crippen LogP contribution in [0.1, 0.15) is 46.5 Å². The van der Waals surface area contributed by atoms with Crippen LogP contribution in [0.5, 0.6) is 0 Å². The molecular weight excluding hydrogens is 202 g/mol. The quantitative estimate of drug-likeness (QED) is 0.196. The van der Waals surface area contributed by atoms with E-state index < -0.39 is 0 Å². The van der Waals surface area contributed by atoms with Gasteiger partial charge in [-0.15, -0.1) is 0 Å². The van der Waals surface area contributed by atoms with Crippen LogP contribution in [-0.2, 0) is 0 Å². The molecule has 0 saturated carbocycles. The number of nitrogens with one attached hydrogen (secondary N) is 2. The van der Waals surface area contributed by atoms with Gasteiger partial charge in [-0.3, -0.25) is 27.2 Å². The maximum atomic E-state index is 5.34. The van der Waals surface area contributed by atoms with Gasteiger partial charge in [-0.1, -0.05) is 26.7 Å². The monoisotopic (exact) mass is 231 g/mol. The molecule has 0 aromatic heterocycles. The van der Waals surface area contributed by atoms with Gasteiger partial charge in [-0.25, -0.2) is 0 Å². The average Bonchev–Trinajstić information content (AvgIpc) is 2.18. The van der Waals surface area contributed by atoms with Crippen LogP contribution in [0, 0.1) is 0 Å². The second-order valence-corrected chi connectivity index (χ2v) is 3.70. The number of hydrogen-bond donors (Lipinski definition) is 5. The summed E-state index contributed by atoms with van der Waals surface area (Å²) in [7, 11) is 0. The Hall–Kier alpha value is -1.26. The number of unbranched alkanes of at least 4 members (excludes halogenated alkanes) is 2. The van der Waals surface area contributed by atoms with Gasteiger partial charge in [0.05, 0.1) is 13.1 Å². The summed E-state index contributed by atoms with van der Waals surface area (Å²) in [6.45, 7) is 8.05. The first-order valence-electron chi connectivity index (χ1n) is 5.99. The van der Waals surface area contributed by atoms with E-state index >= 15 is 0 Å². The molecule has 0 heterocycles. The topological polar surface area (TPSA) is 106 Å². The van der Waals surface area contributed by atoms with E-state index in [-0.39, 0.29) is 0 Å². The molecule has 96 valence electrons. The number of rotatable bonds is 6. The normalized spacial score (nSPS) is 10.3. The van der Waals surface area contributed by atoms with Crippen molar-refractivity contribution < 1.29 is 9.98 Å². The molecular formula is C11H29N5+2. The molecule has 0 atom stereocenters. The van der Waals surface area contributed by atoms with E-state index in [0.717, 1.165) is 25.3 Å². The zero-order chi connectivity index (χ0) is 12.8. The van der Waals surface area contributed by atoms with Crippen molar-refractivity contribution in [2.75, 3.05) is 13.1 Å². The summed E-state index contributed by atoms with van der Waals surface area (Å²) in [5.74, 6) is 1.14. The molecule has 0 fully saturated rings. The second-order valence-electron chi connectivity index (χ2n) is 3.70. The van der Waals surface area contributed by atoms with E-state index in [1.807, 2.05) is 6.92 Å². The Morgan fingerprint density at radius 3 is 1.62 bits per heavy atom. The Kier molecular flexibility index (Phi) is 14.7. The summed E-state index contributed by atoms with van der Waals surface area (Å²) >= 11 is 0. The standard InChI is InChI=1S/C6H14N2.C5H13N3/c1-3-4-5-8-6(2)7;1-2-3-4-8-5(6)7/h3-5H2,1-2H3,(H2,7,8);2-4H2,1H3,(H4,6,7,8)/p+2. The van der Waals surface area contributed by atoms with Crippen LogP contribution in [0.2, 0.25) is 0 Å². The van der Waals surface area contributed by atoms with E-state index in [1.54, 1.807) is 0 Å². The highest BCUT2D eigenvalue weighted by Crippen LogP contribution is 1.76. The molecule has 0 saturated heterocycles. The van der Waals surface area contributed by atoms with E-state index in [9.17, 15) is 0 Å². The van der Waals surface area contributed by atoms with Gasteiger partial charge in [0.2, 0.25) is 5.84 Å². The fourth-order valence-corrected chi connectivity index (χ4v) is 0.872. The van der Waals surface area contributed by atoms with Crippen molar-refractivity contribution in [2.24, 2.45) is 17.2 Å². The molecule has 0 aliphatic rings. The van der Waals surface area contributed by atoms with Crippen LogP contribution < -0.4 is 27.2 Å². The summed E-state index contributed by atoms with van der Waals surface area (Å²) in [4.78, 5) is 5.86. The van der Waals surface area contributed by atoms with Crippen LogP contribution in [0.4, 0.5) is 0 Å². The zero-order valence-corrected chi connectivity index (χ0v) is 11.0. The highest BCUT2D eigenvalue weighted by molar-refractivity contribution is 5.70. The number of hydrogen-bond acceptors (Lipinski definition) is 0. The summed E-state index contributed by atoms with van der Waals surface area (Å²) in [5.41, 5.74) is 15.6. The maximum Gasteiger partial charge on any atom is 0.338 e. The minimum Gasteiger partial charge on any atom is -0.291 e. The molecule has 5 nitrogen and oxygen atoms in total. The Morgan fingerprint density at radius 2 is 1.31 bits per heavy atom. The number of nitrogens with two attached hydrogens (primary N) is 3.